The van der Waals surface area contributed by atoms with Crippen LogP contribution in [0.5, 0.6) is 0 Å². The topological polar surface area (TPSA) is 63.3 Å². The zero-order chi connectivity index (χ0) is 14.1. The number of carbonyl (C=O) groups is 1. The largest absolute Gasteiger partial charge is 0.478 e. The number of halogens is 1. The Hall–Kier alpha value is -1.79. The SMILES string of the molecule is O=C(O)c1ccc(Br)cc1Sc1nc2ccccc2o1. The minimum Gasteiger partial charge on any atom is -0.478 e. The lowest BCUT2D eigenvalue weighted by atomic mass is 10.2. The van der Waals surface area contributed by atoms with E-state index in [0.29, 0.717) is 15.7 Å². The summed E-state index contributed by atoms with van der Waals surface area (Å²) in [6.07, 6.45) is 0. The summed E-state index contributed by atoms with van der Waals surface area (Å²) < 4.78 is 6.40. The number of benzene rings is 2. The lowest BCUT2D eigenvalue weighted by Gasteiger charge is -2.03. The van der Waals surface area contributed by atoms with Crippen molar-refractivity contribution >= 4 is 44.8 Å². The average Bonchev–Trinajstić information content (AvgIpc) is 2.80. The number of carboxylic acid groups (broad SMARTS) is 1. The van der Waals surface area contributed by atoms with Crippen LogP contribution < -0.4 is 0 Å². The van der Waals surface area contributed by atoms with E-state index in [-0.39, 0.29) is 5.56 Å². The molecule has 0 saturated carbocycles. The summed E-state index contributed by atoms with van der Waals surface area (Å²) in [5.74, 6) is -0.976. The molecule has 1 N–H and O–H groups in total. The summed E-state index contributed by atoms with van der Waals surface area (Å²) in [6.45, 7) is 0. The second-order valence-corrected chi connectivity index (χ2v) is 5.90. The lowest BCUT2D eigenvalue weighted by molar-refractivity contribution is 0.0693. The maximum Gasteiger partial charge on any atom is 0.336 e. The van der Waals surface area contributed by atoms with Crippen molar-refractivity contribution in [1.82, 2.24) is 4.98 Å². The maximum atomic E-state index is 11.2. The van der Waals surface area contributed by atoms with Crippen LogP contribution in [0, 0.1) is 0 Å². The van der Waals surface area contributed by atoms with Gasteiger partial charge in [0.15, 0.2) is 5.58 Å². The number of rotatable bonds is 3. The van der Waals surface area contributed by atoms with Crippen LogP contribution in [0.2, 0.25) is 0 Å². The summed E-state index contributed by atoms with van der Waals surface area (Å²) in [5, 5.41) is 9.62. The number of aromatic carboxylic acids is 1. The molecule has 0 aliphatic rings. The van der Waals surface area contributed by atoms with Gasteiger partial charge in [0.25, 0.3) is 5.22 Å². The monoisotopic (exact) mass is 349 g/mol. The fraction of sp³-hybridized carbons (Fsp3) is 0. The molecule has 20 heavy (non-hydrogen) atoms. The van der Waals surface area contributed by atoms with Crippen LogP contribution >= 0.6 is 27.7 Å². The van der Waals surface area contributed by atoms with E-state index in [1.54, 1.807) is 18.2 Å². The summed E-state index contributed by atoms with van der Waals surface area (Å²) in [6, 6.07) is 12.4. The lowest BCUT2D eigenvalue weighted by Crippen LogP contribution is -1.98. The Morgan fingerprint density at radius 1 is 1.25 bits per heavy atom. The second-order valence-electron chi connectivity index (χ2n) is 4.00. The first-order valence-electron chi connectivity index (χ1n) is 5.70. The normalized spacial score (nSPS) is 10.8. The van der Waals surface area contributed by atoms with Gasteiger partial charge >= 0.3 is 5.97 Å². The molecule has 0 fully saturated rings. The number of carboxylic acids is 1. The van der Waals surface area contributed by atoms with Gasteiger partial charge in [-0.2, -0.15) is 0 Å². The van der Waals surface area contributed by atoms with E-state index in [1.807, 2.05) is 24.3 Å². The molecule has 2 aromatic carbocycles. The Bertz CT molecular complexity index is 767. The van der Waals surface area contributed by atoms with Gasteiger partial charge in [-0.3, -0.25) is 0 Å². The van der Waals surface area contributed by atoms with Crippen molar-refractivity contribution in [3.63, 3.8) is 0 Å². The van der Waals surface area contributed by atoms with Gasteiger partial charge < -0.3 is 9.52 Å². The zero-order valence-corrected chi connectivity index (χ0v) is 12.4. The van der Waals surface area contributed by atoms with E-state index in [4.69, 9.17) is 4.42 Å². The molecule has 3 rings (SSSR count). The van der Waals surface area contributed by atoms with E-state index in [9.17, 15) is 9.90 Å². The van der Waals surface area contributed by atoms with Crippen LogP contribution in [0.3, 0.4) is 0 Å². The molecule has 0 amide bonds. The van der Waals surface area contributed by atoms with Crippen LogP contribution in [-0.4, -0.2) is 16.1 Å². The van der Waals surface area contributed by atoms with Crippen LogP contribution in [0.4, 0.5) is 0 Å². The predicted molar refractivity (Wildman–Crippen MR) is 79.2 cm³/mol. The molecule has 0 spiro atoms. The number of para-hydroxylation sites is 2. The number of oxazole rings is 1. The fourth-order valence-electron chi connectivity index (χ4n) is 1.75. The van der Waals surface area contributed by atoms with Crippen molar-refractivity contribution in [1.29, 1.82) is 0 Å². The van der Waals surface area contributed by atoms with Crippen molar-refractivity contribution in [2.75, 3.05) is 0 Å². The predicted octanol–water partition coefficient (Wildman–Crippen LogP) is 4.44. The summed E-state index contributed by atoms with van der Waals surface area (Å²) >= 11 is 4.53. The number of hydrogen-bond acceptors (Lipinski definition) is 4. The zero-order valence-electron chi connectivity index (χ0n) is 10.0. The molecule has 1 aromatic heterocycles. The highest BCUT2D eigenvalue weighted by Gasteiger charge is 2.14. The minimum atomic E-state index is -0.976. The maximum absolute atomic E-state index is 11.2. The standard InChI is InChI=1S/C14H8BrNO3S/c15-8-5-6-9(13(17)18)12(7-8)20-14-16-10-3-1-2-4-11(10)19-14/h1-7H,(H,17,18). The first-order chi connectivity index (χ1) is 9.63. The van der Waals surface area contributed by atoms with Crippen molar-refractivity contribution in [2.24, 2.45) is 0 Å². The Labute approximate surface area is 126 Å². The third-order valence-corrected chi connectivity index (χ3v) is 4.05. The number of nitrogens with zero attached hydrogens (tertiary/aromatic N) is 1. The van der Waals surface area contributed by atoms with Crippen LogP contribution in [0.15, 0.2) is 61.5 Å². The Morgan fingerprint density at radius 3 is 2.80 bits per heavy atom. The molecule has 4 nitrogen and oxygen atoms in total. The quantitative estimate of drug-likeness (QED) is 0.757. The molecule has 0 unspecified atom stereocenters. The van der Waals surface area contributed by atoms with E-state index >= 15 is 0 Å². The molecular formula is C14H8BrNO3S. The molecule has 0 bridgehead atoms. The van der Waals surface area contributed by atoms with E-state index in [1.165, 1.54) is 11.8 Å². The Kier molecular flexibility index (Phi) is 3.50. The number of fused-ring (bicyclic) bond motifs is 1. The van der Waals surface area contributed by atoms with E-state index in [2.05, 4.69) is 20.9 Å². The van der Waals surface area contributed by atoms with Crippen molar-refractivity contribution < 1.29 is 14.3 Å². The van der Waals surface area contributed by atoms with Gasteiger partial charge in [0.2, 0.25) is 0 Å². The molecule has 6 heteroatoms. The fourth-order valence-corrected chi connectivity index (χ4v) is 3.17. The first-order valence-corrected chi connectivity index (χ1v) is 7.31. The smallest absolute Gasteiger partial charge is 0.336 e. The Morgan fingerprint density at radius 2 is 2.05 bits per heavy atom. The molecule has 0 aliphatic heterocycles. The van der Waals surface area contributed by atoms with Crippen molar-refractivity contribution in [2.45, 2.75) is 10.1 Å². The third-order valence-electron chi connectivity index (χ3n) is 2.65. The highest BCUT2D eigenvalue weighted by molar-refractivity contribution is 9.10. The molecule has 0 saturated heterocycles. The van der Waals surface area contributed by atoms with Crippen molar-refractivity contribution in [3.8, 4) is 0 Å². The van der Waals surface area contributed by atoms with Gasteiger partial charge in [0.1, 0.15) is 5.52 Å². The van der Waals surface area contributed by atoms with Crippen LogP contribution in [0.25, 0.3) is 11.1 Å². The van der Waals surface area contributed by atoms with Gasteiger partial charge in [-0.25, -0.2) is 9.78 Å². The van der Waals surface area contributed by atoms with Crippen molar-refractivity contribution in [3.05, 3.63) is 52.5 Å². The number of aromatic nitrogens is 1. The summed E-state index contributed by atoms with van der Waals surface area (Å²) in [5.41, 5.74) is 1.66. The molecule has 1 heterocycles. The van der Waals surface area contributed by atoms with E-state index < -0.39 is 5.97 Å². The van der Waals surface area contributed by atoms with Gasteiger partial charge in [-0.1, -0.05) is 28.1 Å². The average molecular weight is 350 g/mol. The molecular weight excluding hydrogens is 342 g/mol. The van der Waals surface area contributed by atoms with Gasteiger partial charge in [-0.05, 0) is 42.1 Å². The minimum absolute atomic E-state index is 0.223. The van der Waals surface area contributed by atoms with Gasteiger partial charge in [0, 0.05) is 9.37 Å². The molecule has 0 radical (unpaired) electrons. The molecule has 0 atom stereocenters. The molecule has 0 aliphatic carbocycles. The summed E-state index contributed by atoms with van der Waals surface area (Å²) in [4.78, 5) is 16.1. The highest BCUT2D eigenvalue weighted by atomic mass is 79.9. The van der Waals surface area contributed by atoms with Gasteiger partial charge in [0.05, 0.1) is 5.56 Å². The van der Waals surface area contributed by atoms with Crippen LogP contribution in [-0.2, 0) is 0 Å². The molecule has 100 valence electrons. The summed E-state index contributed by atoms with van der Waals surface area (Å²) in [7, 11) is 0. The van der Waals surface area contributed by atoms with Gasteiger partial charge in [-0.15, -0.1) is 0 Å². The second kappa shape index (κ2) is 5.30. The highest BCUT2D eigenvalue weighted by Crippen LogP contribution is 2.33. The van der Waals surface area contributed by atoms with E-state index in [0.717, 1.165) is 9.99 Å². The Balaban J connectivity index is 2.01. The number of hydrogen-bond donors (Lipinski definition) is 1. The first kappa shape index (κ1) is 13.2. The van der Waals surface area contributed by atoms with Crippen LogP contribution in [0.1, 0.15) is 10.4 Å². The molecule has 3 aromatic rings. The third kappa shape index (κ3) is 2.57.